The molecule has 1 N–H and O–H groups in total. The van der Waals surface area contributed by atoms with Gasteiger partial charge in [-0.25, -0.2) is 4.98 Å². The second-order valence-electron chi connectivity index (χ2n) is 7.81. The molecule has 2 saturated heterocycles. The second-order valence-corrected chi connectivity index (χ2v) is 9.22. The van der Waals surface area contributed by atoms with E-state index in [1.165, 1.54) is 0 Å². The average molecular weight is 366 g/mol. The Balaban J connectivity index is 1.43. The molecule has 2 fully saturated rings. The van der Waals surface area contributed by atoms with Crippen molar-refractivity contribution in [2.45, 2.75) is 77.5 Å². The Bertz CT molecular complexity index is 606. The maximum absolute atomic E-state index is 12.2. The third kappa shape index (κ3) is 4.60. The van der Waals surface area contributed by atoms with Crippen LogP contribution in [0.1, 0.15) is 55.1 Å². The van der Waals surface area contributed by atoms with Crippen LogP contribution in [0.2, 0.25) is 0 Å². The molecule has 140 valence electrons. The number of piperidine rings is 1. The molecule has 6 heteroatoms. The quantitative estimate of drug-likeness (QED) is 0.872. The van der Waals surface area contributed by atoms with Gasteiger partial charge in [-0.15, -0.1) is 11.3 Å². The summed E-state index contributed by atoms with van der Waals surface area (Å²) in [5.41, 5.74) is 0.966. The van der Waals surface area contributed by atoms with E-state index in [2.05, 4.69) is 29.0 Å². The SMILES string of the molecule is Cc1nc(CC(=O)NCC2CCC3(CCN(C(C)C)CC3)O2)c(C)s1. The molecule has 0 aliphatic carbocycles. The highest BCUT2D eigenvalue weighted by atomic mass is 32.1. The van der Waals surface area contributed by atoms with Gasteiger partial charge in [0.15, 0.2) is 0 Å². The molecule has 0 saturated carbocycles. The Hall–Kier alpha value is -0.980. The molecule has 0 bridgehead atoms. The third-order valence-corrected chi connectivity index (χ3v) is 6.56. The van der Waals surface area contributed by atoms with E-state index < -0.39 is 0 Å². The van der Waals surface area contributed by atoms with Gasteiger partial charge >= 0.3 is 0 Å². The fourth-order valence-electron chi connectivity index (χ4n) is 4.03. The fraction of sp³-hybridized carbons (Fsp3) is 0.789. The van der Waals surface area contributed by atoms with E-state index in [1.54, 1.807) is 11.3 Å². The topological polar surface area (TPSA) is 54.5 Å². The van der Waals surface area contributed by atoms with Crippen LogP contribution < -0.4 is 5.32 Å². The lowest BCUT2D eigenvalue weighted by atomic mass is 9.88. The van der Waals surface area contributed by atoms with Gasteiger partial charge in [-0.05, 0) is 53.4 Å². The Morgan fingerprint density at radius 1 is 1.36 bits per heavy atom. The molecule has 0 radical (unpaired) electrons. The van der Waals surface area contributed by atoms with Crippen LogP contribution >= 0.6 is 11.3 Å². The first-order chi connectivity index (χ1) is 11.9. The molecular weight excluding hydrogens is 334 g/mol. The van der Waals surface area contributed by atoms with Crippen LogP contribution in [0.25, 0.3) is 0 Å². The Kier molecular flexibility index (Phi) is 5.81. The number of ether oxygens (including phenoxy) is 1. The van der Waals surface area contributed by atoms with Crippen LogP contribution in [-0.2, 0) is 16.0 Å². The predicted octanol–water partition coefficient (Wildman–Crippen LogP) is 2.84. The molecule has 1 amide bonds. The summed E-state index contributed by atoms with van der Waals surface area (Å²) in [6.07, 6.45) is 4.95. The maximum atomic E-state index is 12.2. The Labute approximate surface area is 155 Å². The molecule has 1 aromatic rings. The molecule has 1 aromatic heterocycles. The number of aryl methyl sites for hydroxylation is 2. The molecule has 25 heavy (non-hydrogen) atoms. The largest absolute Gasteiger partial charge is 0.370 e. The molecule has 1 atom stereocenters. The minimum Gasteiger partial charge on any atom is -0.370 e. The molecule has 0 aromatic carbocycles. The number of carbonyl (C=O) groups is 1. The molecule has 2 aliphatic heterocycles. The zero-order valence-corrected chi connectivity index (χ0v) is 16.7. The van der Waals surface area contributed by atoms with Gasteiger partial charge in [0, 0.05) is 30.6 Å². The monoisotopic (exact) mass is 365 g/mol. The molecule has 5 nitrogen and oxygen atoms in total. The summed E-state index contributed by atoms with van der Waals surface area (Å²) in [6.45, 7) is 11.4. The standard InChI is InChI=1S/C19H31N3O2S/c1-13(2)22-9-7-19(8-10-22)6-5-16(24-19)12-20-18(23)11-17-14(3)25-15(4)21-17/h13,16H,5-12H2,1-4H3,(H,20,23). The summed E-state index contributed by atoms with van der Waals surface area (Å²) >= 11 is 1.65. The van der Waals surface area contributed by atoms with Gasteiger partial charge in [-0.2, -0.15) is 0 Å². The predicted molar refractivity (Wildman–Crippen MR) is 101 cm³/mol. The van der Waals surface area contributed by atoms with Crippen molar-refractivity contribution in [3.63, 3.8) is 0 Å². The number of carbonyl (C=O) groups excluding carboxylic acids is 1. The molecule has 2 aliphatic rings. The van der Waals surface area contributed by atoms with Crippen molar-refractivity contribution >= 4 is 17.2 Å². The molecular formula is C19H31N3O2S. The van der Waals surface area contributed by atoms with Gasteiger partial charge in [0.2, 0.25) is 5.91 Å². The van der Waals surface area contributed by atoms with E-state index in [1.807, 2.05) is 13.8 Å². The third-order valence-electron chi connectivity index (χ3n) is 5.63. The fourth-order valence-corrected chi connectivity index (χ4v) is 4.87. The van der Waals surface area contributed by atoms with Crippen molar-refractivity contribution in [2.75, 3.05) is 19.6 Å². The van der Waals surface area contributed by atoms with E-state index in [-0.39, 0.29) is 17.6 Å². The maximum Gasteiger partial charge on any atom is 0.226 e. The summed E-state index contributed by atoms with van der Waals surface area (Å²) in [7, 11) is 0. The summed E-state index contributed by atoms with van der Waals surface area (Å²) in [4.78, 5) is 20.3. The molecule has 3 heterocycles. The number of aromatic nitrogens is 1. The molecule has 1 spiro atoms. The zero-order valence-electron chi connectivity index (χ0n) is 15.9. The summed E-state index contributed by atoms with van der Waals surface area (Å²) in [5, 5.41) is 4.07. The van der Waals surface area contributed by atoms with Crippen molar-refractivity contribution in [2.24, 2.45) is 0 Å². The lowest BCUT2D eigenvalue weighted by Gasteiger charge is -2.40. The van der Waals surface area contributed by atoms with E-state index >= 15 is 0 Å². The molecule has 3 rings (SSSR count). The van der Waals surface area contributed by atoms with E-state index in [0.717, 1.165) is 54.4 Å². The highest BCUT2D eigenvalue weighted by Crippen LogP contribution is 2.39. The smallest absolute Gasteiger partial charge is 0.226 e. The first-order valence-corrected chi connectivity index (χ1v) is 10.3. The van der Waals surface area contributed by atoms with Gasteiger partial charge in [-0.3, -0.25) is 4.79 Å². The van der Waals surface area contributed by atoms with Gasteiger partial charge in [0.25, 0.3) is 0 Å². The van der Waals surface area contributed by atoms with E-state index in [4.69, 9.17) is 4.74 Å². The van der Waals surface area contributed by atoms with Crippen molar-refractivity contribution < 1.29 is 9.53 Å². The number of hydrogen-bond donors (Lipinski definition) is 1. The molecule has 1 unspecified atom stereocenters. The van der Waals surface area contributed by atoms with Crippen molar-refractivity contribution in [3.8, 4) is 0 Å². The number of thiazole rings is 1. The van der Waals surface area contributed by atoms with Crippen molar-refractivity contribution in [1.82, 2.24) is 15.2 Å². The number of likely N-dealkylation sites (tertiary alicyclic amines) is 1. The van der Waals surface area contributed by atoms with Gasteiger partial charge in [0.05, 0.1) is 28.8 Å². The summed E-state index contributed by atoms with van der Waals surface area (Å²) in [5.74, 6) is 0.0487. The lowest BCUT2D eigenvalue weighted by Crippen LogP contribution is -2.47. The van der Waals surface area contributed by atoms with Crippen molar-refractivity contribution in [1.29, 1.82) is 0 Å². The van der Waals surface area contributed by atoms with Crippen LogP contribution in [0.5, 0.6) is 0 Å². The van der Waals surface area contributed by atoms with E-state index in [9.17, 15) is 4.79 Å². The minimum atomic E-state index is 0.0487. The van der Waals surface area contributed by atoms with Crippen LogP contribution in [0, 0.1) is 13.8 Å². The van der Waals surface area contributed by atoms with Gasteiger partial charge in [-0.1, -0.05) is 0 Å². The van der Waals surface area contributed by atoms with Gasteiger partial charge < -0.3 is 15.0 Å². The number of nitrogens with one attached hydrogen (secondary N) is 1. The Morgan fingerprint density at radius 3 is 2.68 bits per heavy atom. The first kappa shape index (κ1) is 18.8. The highest BCUT2D eigenvalue weighted by molar-refractivity contribution is 7.11. The number of nitrogens with zero attached hydrogens (tertiary/aromatic N) is 2. The van der Waals surface area contributed by atoms with Gasteiger partial charge in [0.1, 0.15) is 0 Å². The summed E-state index contributed by atoms with van der Waals surface area (Å²) in [6, 6.07) is 0.617. The first-order valence-electron chi connectivity index (χ1n) is 9.48. The van der Waals surface area contributed by atoms with E-state index in [0.29, 0.717) is 19.0 Å². The second kappa shape index (κ2) is 7.72. The van der Waals surface area contributed by atoms with Crippen LogP contribution in [0.15, 0.2) is 0 Å². The number of hydrogen-bond acceptors (Lipinski definition) is 5. The number of amides is 1. The lowest BCUT2D eigenvalue weighted by molar-refractivity contribution is -0.122. The number of rotatable bonds is 5. The van der Waals surface area contributed by atoms with Crippen LogP contribution in [-0.4, -0.2) is 53.2 Å². The average Bonchev–Trinajstić information content (AvgIpc) is 3.09. The summed E-state index contributed by atoms with van der Waals surface area (Å²) < 4.78 is 6.39. The van der Waals surface area contributed by atoms with Crippen molar-refractivity contribution in [3.05, 3.63) is 15.6 Å². The highest BCUT2D eigenvalue weighted by Gasteiger charge is 2.42. The van der Waals surface area contributed by atoms with Crippen LogP contribution in [0.3, 0.4) is 0 Å². The Morgan fingerprint density at radius 2 is 2.08 bits per heavy atom. The van der Waals surface area contributed by atoms with Crippen LogP contribution in [0.4, 0.5) is 0 Å². The minimum absolute atomic E-state index is 0.0487. The normalized spacial score (nSPS) is 23.5. The zero-order chi connectivity index (χ0) is 18.0.